The van der Waals surface area contributed by atoms with Crippen LogP contribution in [0, 0.1) is 0 Å². The number of thiazole rings is 1. The summed E-state index contributed by atoms with van der Waals surface area (Å²) in [5, 5.41) is 0.968. The Morgan fingerprint density at radius 3 is 2.51 bits per heavy atom. The van der Waals surface area contributed by atoms with Crippen LogP contribution in [-0.4, -0.2) is 80.6 Å². The van der Waals surface area contributed by atoms with E-state index in [0.29, 0.717) is 51.3 Å². The molecular weight excluding hydrogens is 504 g/mol. The molecule has 1 aromatic heterocycles. The van der Waals surface area contributed by atoms with Crippen LogP contribution in [-0.2, 0) is 14.8 Å². The molecule has 1 atom stereocenters. The van der Waals surface area contributed by atoms with E-state index < -0.39 is 16.1 Å². The Labute approximate surface area is 213 Å². The number of ether oxygens (including phenoxy) is 1. The second-order valence-electron chi connectivity index (χ2n) is 8.59. The third-order valence-corrected chi connectivity index (χ3v) is 10.3. The van der Waals surface area contributed by atoms with E-state index in [1.807, 2.05) is 4.90 Å². The first-order chi connectivity index (χ1) is 16.9. The fraction of sp³-hybridized carbons (Fsp3) is 0.417. The first-order valence-corrected chi connectivity index (χ1v) is 15.0. The average Bonchev–Trinajstić information content (AvgIpc) is 3.56. The molecule has 0 spiro atoms. The molecule has 11 heteroatoms. The van der Waals surface area contributed by atoms with Crippen molar-refractivity contribution in [1.29, 1.82) is 0 Å². The predicted octanol–water partition coefficient (Wildman–Crippen LogP) is 3.53. The van der Waals surface area contributed by atoms with Crippen LogP contribution in [0.2, 0.25) is 0 Å². The quantitative estimate of drug-likeness (QED) is 0.449. The van der Waals surface area contributed by atoms with Gasteiger partial charge in [0.2, 0.25) is 15.9 Å². The Morgan fingerprint density at radius 1 is 1.09 bits per heavy atom. The Bertz CT molecular complexity index is 1320. The van der Waals surface area contributed by atoms with Crippen LogP contribution in [0.1, 0.15) is 12.8 Å². The number of benzene rings is 2. The summed E-state index contributed by atoms with van der Waals surface area (Å²) in [7, 11) is -2.22. The van der Waals surface area contributed by atoms with Crippen molar-refractivity contribution in [2.75, 3.05) is 51.0 Å². The molecule has 2 aliphatic rings. The molecule has 0 saturated carbocycles. The lowest BCUT2D eigenvalue weighted by atomic mass is 10.2. The Morgan fingerprint density at radius 2 is 1.83 bits per heavy atom. The van der Waals surface area contributed by atoms with E-state index in [0.717, 1.165) is 15.3 Å². The van der Waals surface area contributed by atoms with Gasteiger partial charge in [0, 0.05) is 37.6 Å². The molecule has 3 aromatic rings. The molecule has 3 heterocycles. The largest absolute Gasteiger partial charge is 0.497 e. The number of aromatic nitrogens is 1. The average molecular weight is 533 g/mol. The molecule has 0 N–H and O–H groups in total. The molecule has 2 fully saturated rings. The van der Waals surface area contributed by atoms with Gasteiger partial charge in [0.25, 0.3) is 0 Å². The van der Waals surface area contributed by atoms with Crippen LogP contribution in [0.3, 0.4) is 0 Å². The maximum Gasteiger partial charge on any atom is 0.243 e. The van der Waals surface area contributed by atoms with Gasteiger partial charge in [0.05, 0.1) is 22.2 Å². The van der Waals surface area contributed by atoms with Crippen LogP contribution >= 0.6 is 23.1 Å². The lowest BCUT2D eigenvalue weighted by molar-refractivity contribution is -0.134. The minimum absolute atomic E-state index is 0.104. The van der Waals surface area contributed by atoms with E-state index in [1.54, 1.807) is 35.2 Å². The fourth-order valence-corrected chi connectivity index (χ4v) is 7.86. The van der Waals surface area contributed by atoms with Gasteiger partial charge in [-0.25, -0.2) is 13.4 Å². The number of carbonyl (C=O) groups is 1. The molecule has 2 aliphatic heterocycles. The molecule has 2 saturated heterocycles. The molecule has 0 radical (unpaired) electrons. The Kier molecular flexibility index (Phi) is 6.93. The minimum Gasteiger partial charge on any atom is -0.497 e. The van der Waals surface area contributed by atoms with Gasteiger partial charge in [-0.2, -0.15) is 4.31 Å². The normalized spacial score (nSPS) is 19.4. The van der Waals surface area contributed by atoms with Gasteiger partial charge in [-0.1, -0.05) is 11.3 Å². The summed E-state index contributed by atoms with van der Waals surface area (Å²) in [6, 6.07) is 12.0. The number of carbonyl (C=O) groups excluding carboxylic acids is 1. The van der Waals surface area contributed by atoms with Crippen LogP contribution in [0.5, 0.6) is 5.75 Å². The van der Waals surface area contributed by atoms with Crippen molar-refractivity contribution in [1.82, 2.24) is 14.2 Å². The number of thioether (sulfide) groups is 1. The number of sulfonamides is 1. The summed E-state index contributed by atoms with van der Waals surface area (Å²) in [4.78, 5) is 23.6. The maximum absolute atomic E-state index is 13.4. The molecule has 1 unspecified atom stereocenters. The highest BCUT2D eigenvalue weighted by Gasteiger charge is 2.41. The number of hydrogen-bond donors (Lipinski definition) is 0. The van der Waals surface area contributed by atoms with Crippen LogP contribution in [0.4, 0.5) is 5.13 Å². The van der Waals surface area contributed by atoms with Crippen LogP contribution in [0.15, 0.2) is 52.3 Å². The highest BCUT2D eigenvalue weighted by Crippen LogP contribution is 2.33. The summed E-state index contributed by atoms with van der Waals surface area (Å²) in [5.41, 5.74) is 0.992. The van der Waals surface area contributed by atoms with Crippen molar-refractivity contribution in [3.63, 3.8) is 0 Å². The summed E-state index contributed by atoms with van der Waals surface area (Å²) in [6.07, 6.45) is 3.28. The van der Waals surface area contributed by atoms with Gasteiger partial charge < -0.3 is 14.5 Å². The summed E-state index contributed by atoms with van der Waals surface area (Å²) in [5.74, 6) is 0.488. The van der Waals surface area contributed by atoms with E-state index in [4.69, 9.17) is 9.72 Å². The van der Waals surface area contributed by atoms with Crippen molar-refractivity contribution in [3.05, 3.63) is 42.5 Å². The lowest BCUT2D eigenvalue weighted by Crippen LogP contribution is -2.54. The van der Waals surface area contributed by atoms with E-state index in [9.17, 15) is 13.2 Å². The Balaban J connectivity index is 1.26. The number of hydrogen-bond acceptors (Lipinski definition) is 8. The van der Waals surface area contributed by atoms with Crippen molar-refractivity contribution in [2.24, 2.45) is 0 Å². The highest BCUT2D eigenvalue weighted by atomic mass is 32.2. The number of anilines is 1. The lowest BCUT2D eigenvalue weighted by Gasteiger charge is -2.37. The van der Waals surface area contributed by atoms with Gasteiger partial charge in [0.1, 0.15) is 11.8 Å². The first kappa shape index (κ1) is 24.4. The number of methoxy groups -OCH3 is 1. The molecule has 35 heavy (non-hydrogen) atoms. The zero-order chi connectivity index (χ0) is 24.6. The van der Waals surface area contributed by atoms with E-state index in [1.165, 1.54) is 28.4 Å². The zero-order valence-corrected chi connectivity index (χ0v) is 22.2. The Hall–Kier alpha value is -2.34. The standard InChI is InChI=1S/C24H28N4O4S3/c1-32-17-5-8-19(9-6-17)35(30,31)28-11-3-4-21(28)23(29)26-12-14-27(15-13-26)24-25-20-10-7-18(33-2)16-22(20)34-24/h5-10,16,21H,3-4,11-15H2,1-2H3. The minimum atomic E-state index is -3.76. The van der Waals surface area contributed by atoms with Crippen LogP contribution in [0.25, 0.3) is 10.2 Å². The summed E-state index contributed by atoms with van der Waals surface area (Å²) < 4.78 is 34.3. The van der Waals surface area contributed by atoms with Crippen molar-refractivity contribution >= 4 is 54.4 Å². The number of piperazine rings is 1. The highest BCUT2D eigenvalue weighted by molar-refractivity contribution is 7.98. The molecule has 186 valence electrons. The predicted molar refractivity (Wildman–Crippen MR) is 140 cm³/mol. The SMILES string of the molecule is COc1ccc(S(=O)(=O)N2CCCC2C(=O)N2CCN(c3nc4ccc(SC)cc4s3)CC2)cc1. The van der Waals surface area contributed by atoms with Gasteiger partial charge in [-0.15, -0.1) is 11.8 Å². The molecule has 0 bridgehead atoms. The van der Waals surface area contributed by atoms with Gasteiger partial charge in [-0.05, 0) is 61.6 Å². The maximum atomic E-state index is 13.4. The zero-order valence-electron chi connectivity index (χ0n) is 19.7. The van der Waals surface area contributed by atoms with Crippen LogP contribution < -0.4 is 9.64 Å². The number of fused-ring (bicyclic) bond motifs is 1. The van der Waals surface area contributed by atoms with E-state index >= 15 is 0 Å². The van der Waals surface area contributed by atoms with Gasteiger partial charge in [-0.3, -0.25) is 4.79 Å². The molecule has 1 amide bonds. The van der Waals surface area contributed by atoms with Crippen molar-refractivity contribution < 1.29 is 17.9 Å². The molecule has 2 aromatic carbocycles. The van der Waals surface area contributed by atoms with Crippen molar-refractivity contribution in [3.8, 4) is 5.75 Å². The summed E-state index contributed by atoms with van der Waals surface area (Å²) >= 11 is 3.39. The molecule has 8 nitrogen and oxygen atoms in total. The molecule has 0 aliphatic carbocycles. The second kappa shape index (κ2) is 9.96. The third-order valence-electron chi connectivity index (χ3n) is 6.60. The number of nitrogens with zero attached hydrogens (tertiary/aromatic N) is 4. The summed E-state index contributed by atoms with van der Waals surface area (Å²) in [6.45, 7) is 2.82. The van der Waals surface area contributed by atoms with Gasteiger partial charge in [0.15, 0.2) is 5.13 Å². The first-order valence-electron chi connectivity index (χ1n) is 11.5. The number of rotatable bonds is 6. The smallest absolute Gasteiger partial charge is 0.243 e. The third kappa shape index (κ3) is 4.74. The monoisotopic (exact) mass is 532 g/mol. The molecular formula is C24H28N4O4S3. The number of amides is 1. The van der Waals surface area contributed by atoms with Crippen molar-refractivity contribution in [2.45, 2.75) is 28.7 Å². The van der Waals surface area contributed by atoms with E-state index in [-0.39, 0.29) is 10.8 Å². The second-order valence-corrected chi connectivity index (χ2v) is 12.4. The van der Waals surface area contributed by atoms with E-state index in [2.05, 4.69) is 29.4 Å². The topological polar surface area (TPSA) is 83.0 Å². The van der Waals surface area contributed by atoms with Gasteiger partial charge >= 0.3 is 0 Å². The fourth-order valence-electron chi connectivity index (χ4n) is 4.64. The molecule has 5 rings (SSSR count).